The Labute approximate surface area is 117 Å². The van der Waals surface area contributed by atoms with E-state index in [-0.39, 0.29) is 5.75 Å². The van der Waals surface area contributed by atoms with E-state index in [1.807, 2.05) is 12.1 Å². The predicted octanol–water partition coefficient (Wildman–Crippen LogP) is 3.24. The average molecular weight is 272 g/mol. The van der Waals surface area contributed by atoms with Crippen LogP contribution in [0.15, 0.2) is 42.5 Å². The van der Waals surface area contributed by atoms with Gasteiger partial charge in [-0.2, -0.15) is 0 Å². The number of carbonyl (C=O) groups is 1. The minimum absolute atomic E-state index is 0.114. The molecule has 0 aliphatic heterocycles. The first kappa shape index (κ1) is 13.9. The van der Waals surface area contributed by atoms with Gasteiger partial charge in [0.2, 0.25) is 0 Å². The topological polar surface area (TPSA) is 55.8 Å². The van der Waals surface area contributed by atoms with Crippen molar-refractivity contribution in [2.75, 3.05) is 13.7 Å². The molecule has 104 valence electrons. The highest BCUT2D eigenvalue weighted by Gasteiger charge is 2.11. The number of phenols is 1. The smallest absolute Gasteiger partial charge is 0.338 e. The van der Waals surface area contributed by atoms with Crippen molar-refractivity contribution in [1.29, 1.82) is 0 Å². The first-order chi connectivity index (χ1) is 9.65. The van der Waals surface area contributed by atoms with E-state index in [1.165, 1.54) is 6.07 Å². The number of hydrogen-bond acceptors (Lipinski definition) is 4. The molecule has 4 heteroatoms. The Morgan fingerprint density at radius 2 is 1.85 bits per heavy atom. The monoisotopic (exact) mass is 272 g/mol. The highest BCUT2D eigenvalue weighted by Crippen LogP contribution is 2.31. The summed E-state index contributed by atoms with van der Waals surface area (Å²) in [5.41, 5.74) is 1.79. The summed E-state index contributed by atoms with van der Waals surface area (Å²) >= 11 is 0. The van der Waals surface area contributed by atoms with Crippen molar-refractivity contribution in [3.8, 4) is 22.6 Å². The van der Waals surface area contributed by atoms with Crippen molar-refractivity contribution in [3.63, 3.8) is 0 Å². The number of methoxy groups -OCH3 is 1. The maximum Gasteiger partial charge on any atom is 0.338 e. The summed E-state index contributed by atoms with van der Waals surface area (Å²) in [5, 5.41) is 9.94. The zero-order valence-corrected chi connectivity index (χ0v) is 11.4. The van der Waals surface area contributed by atoms with Crippen LogP contribution in [0.5, 0.6) is 11.5 Å². The van der Waals surface area contributed by atoms with Gasteiger partial charge in [0, 0.05) is 5.56 Å². The lowest BCUT2D eigenvalue weighted by molar-refractivity contribution is 0.0526. The van der Waals surface area contributed by atoms with Crippen LogP contribution >= 0.6 is 0 Å². The molecule has 20 heavy (non-hydrogen) atoms. The molecule has 0 aliphatic rings. The van der Waals surface area contributed by atoms with Crippen molar-refractivity contribution in [3.05, 3.63) is 48.0 Å². The Morgan fingerprint density at radius 1 is 1.15 bits per heavy atom. The second-order valence-corrected chi connectivity index (χ2v) is 4.18. The molecular weight excluding hydrogens is 256 g/mol. The fourth-order valence-electron chi connectivity index (χ4n) is 1.88. The summed E-state index contributed by atoms with van der Waals surface area (Å²) in [6.45, 7) is 2.07. The van der Waals surface area contributed by atoms with Crippen molar-refractivity contribution in [2.24, 2.45) is 0 Å². The second kappa shape index (κ2) is 6.10. The van der Waals surface area contributed by atoms with E-state index in [9.17, 15) is 9.90 Å². The molecule has 0 atom stereocenters. The van der Waals surface area contributed by atoms with Crippen molar-refractivity contribution in [1.82, 2.24) is 0 Å². The molecule has 0 spiro atoms. The summed E-state index contributed by atoms with van der Waals surface area (Å²) in [6.07, 6.45) is 0. The van der Waals surface area contributed by atoms with Gasteiger partial charge in [0.15, 0.2) is 0 Å². The molecule has 0 heterocycles. The lowest BCUT2D eigenvalue weighted by Crippen LogP contribution is -2.04. The number of phenolic OH excluding ortho intramolecular Hbond substituents is 1. The number of ether oxygens (including phenoxy) is 2. The lowest BCUT2D eigenvalue weighted by atomic mass is 10.0. The molecule has 4 nitrogen and oxygen atoms in total. The van der Waals surface area contributed by atoms with Crippen LogP contribution in [0.25, 0.3) is 11.1 Å². The zero-order valence-electron chi connectivity index (χ0n) is 11.4. The Hall–Kier alpha value is -2.49. The van der Waals surface area contributed by atoms with Gasteiger partial charge in [-0.1, -0.05) is 12.1 Å². The number of rotatable bonds is 4. The van der Waals surface area contributed by atoms with Crippen LogP contribution in [0.2, 0.25) is 0 Å². The quantitative estimate of drug-likeness (QED) is 0.868. The first-order valence-electron chi connectivity index (χ1n) is 6.30. The summed E-state index contributed by atoms with van der Waals surface area (Å²) in [5.74, 6) is 0.445. The Kier molecular flexibility index (Phi) is 4.25. The van der Waals surface area contributed by atoms with E-state index in [2.05, 4.69) is 0 Å². The van der Waals surface area contributed by atoms with Crippen molar-refractivity contribution in [2.45, 2.75) is 6.92 Å². The number of aromatic hydroxyl groups is 1. The molecule has 0 radical (unpaired) electrons. The molecule has 0 aromatic heterocycles. The fourth-order valence-corrected chi connectivity index (χ4v) is 1.88. The van der Waals surface area contributed by atoms with E-state index in [1.54, 1.807) is 38.3 Å². The highest BCUT2D eigenvalue weighted by atomic mass is 16.5. The fraction of sp³-hybridized carbons (Fsp3) is 0.188. The van der Waals surface area contributed by atoms with E-state index in [4.69, 9.17) is 9.47 Å². The third kappa shape index (κ3) is 2.91. The van der Waals surface area contributed by atoms with Crippen molar-refractivity contribution < 1.29 is 19.4 Å². The predicted molar refractivity (Wildman–Crippen MR) is 76.1 cm³/mol. The average Bonchev–Trinajstić information content (AvgIpc) is 2.48. The van der Waals surface area contributed by atoms with E-state index < -0.39 is 5.97 Å². The summed E-state index contributed by atoms with van der Waals surface area (Å²) < 4.78 is 10.0. The van der Waals surface area contributed by atoms with Gasteiger partial charge in [-0.25, -0.2) is 4.79 Å². The van der Waals surface area contributed by atoms with Gasteiger partial charge in [0.1, 0.15) is 11.5 Å². The molecule has 2 rings (SSSR count). The van der Waals surface area contributed by atoms with Gasteiger partial charge < -0.3 is 14.6 Å². The number of hydrogen-bond donors (Lipinski definition) is 1. The van der Waals surface area contributed by atoms with Gasteiger partial charge in [-0.3, -0.25) is 0 Å². The molecule has 0 fully saturated rings. The number of carbonyl (C=O) groups excluding carboxylic acids is 1. The Morgan fingerprint density at radius 3 is 2.45 bits per heavy atom. The van der Waals surface area contributed by atoms with E-state index in [0.717, 1.165) is 11.3 Å². The lowest BCUT2D eigenvalue weighted by Gasteiger charge is -2.08. The summed E-state index contributed by atoms with van der Waals surface area (Å²) in [7, 11) is 1.59. The van der Waals surface area contributed by atoms with Crippen LogP contribution in [0, 0.1) is 0 Å². The van der Waals surface area contributed by atoms with Gasteiger partial charge in [0.05, 0.1) is 19.3 Å². The normalized spacial score (nSPS) is 10.1. The first-order valence-corrected chi connectivity index (χ1v) is 6.30. The van der Waals surface area contributed by atoms with Crippen LogP contribution in [-0.4, -0.2) is 24.8 Å². The molecule has 0 aliphatic carbocycles. The molecule has 2 aromatic rings. The number of benzene rings is 2. The summed E-state index contributed by atoms with van der Waals surface area (Å²) in [6, 6.07) is 11.9. The third-order valence-electron chi connectivity index (χ3n) is 2.91. The Bertz CT molecular complexity index is 602. The van der Waals surface area contributed by atoms with Crippen molar-refractivity contribution >= 4 is 5.97 Å². The van der Waals surface area contributed by atoms with E-state index in [0.29, 0.717) is 17.7 Å². The molecule has 1 N–H and O–H groups in total. The third-order valence-corrected chi connectivity index (χ3v) is 2.91. The molecule has 0 saturated heterocycles. The SMILES string of the molecule is CCOC(=O)c1ccc(O)c(-c2ccc(OC)cc2)c1. The highest BCUT2D eigenvalue weighted by molar-refractivity contribution is 5.92. The molecular formula is C16H16O4. The van der Waals surface area contributed by atoms with Gasteiger partial charge >= 0.3 is 5.97 Å². The standard InChI is InChI=1S/C16H16O4/c1-3-20-16(18)12-6-9-15(17)14(10-12)11-4-7-13(19-2)8-5-11/h4-10,17H,3H2,1-2H3. The molecule has 0 unspecified atom stereocenters. The van der Waals surface area contributed by atoms with Gasteiger partial charge in [0.25, 0.3) is 0 Å². The van der Waals surface area contributed by atoms with Gasteiger partial charge in [-0.05, 0) is 42.8 Å². The largest absolute Gasteiger partial charge is 0.507 e. The van der Waals surface area contributed by atoms with Crippen LogP contribution in [-0.2, 0) is 4.74 Å². The molecule has 0 amide bonds. The van der Waals surface area contributed by atoms with Crippen LogP contribution in [0.3, 0.4) is 0 Å². The van der Waals surface area contributed by atoms with Crippen LogP contribution in [0.4, 0.5) is 0 Å². The maximum atomic E-state index is 11.7. The zero-order chi connectivity index (χ0) is 14.5. The minimum Gasteiger partial charge on any atom is -0.507 e. The minimum atomic E-state index is -0.401. The van der Waals surface area contributed by atoms with Crippen LogP contribution < -0.4 is 4.74 Å². The number of esters is 1. The molecule has 0 saturated carbocycles. The Balaban J connectivity index is 2.39. The van der Waals surface area contributed by atoms with Gasteiger partial charge in [-0.15, -0.1) is 0 Å². The molecule has 2 aromatic carbocycles. The van der Waals surface area contributed by atoms with Crippen LogP contribution in [0.1, 0.15) is 17.3 Å². The maximum absolute atomic E-state index is 11.7. The second-order valence-electron chi connectivity index (χ2n) is 4.18. The molecule has 0 bridgehead atoms. The summed E-state index contributed by atoms with van der Waals surface area (Å²) in [4.78, 5) is 11.7. The van der Waals surface area contributed by atoms with E-state index >= 15 is 0 Å².